The van der Waals surface area contributed by atoms with Crippen molar-refractivity contribution in [3.8, 4) is 6.19 Å². The van der Waals surface area contributed by atoms with Crippen LogP contribution in [-0.2, 0) is 3.79 Å². The number of aromatic nitrogens is 1. The van der Waals surface area contributed by atoms with Crippen molar-refractivity contribution in [1.29, 1.82) is 10.7 Å². The maximum absolute atomic E-state index is 7.65. The lowest BCUT2D eigenvalue weighted by atomic mass is 10.4. The van der Waals surface area contributed by atoms with Crippen molar-refractivity contribution < 1.29 is 0 Å². The van der Waals surface area contributed by atoms with E-state index in [-0.39, 0.29) is 5.96 Å². The van der Waals surface area contributed by atoms with Crippen molar-refractivity contribution >= 4 is 52.4 Å². The van der Waals surface area contributed by atoms with E-state index >= 15 is 0 Å². The number of nitrogens with two attached hydrogens (primary N) is 1. The van der Waals surface area contributed by atoms with Gasteiger partial charge in [0.05, 0.1) is 5.69 Å². The van der Waals surface area contributed by atoms with Gasteiger partial charge < -0.3 is 5.73 Å². The molecule has 0 unspecified atom stereocenters. The molecule has 0 aliphatic rings. The van der Waals surface area contributed by atoms with Crippen LogP contribution in [0.1, 0.15) is 5.69 Å². The summed E-state index contributed by atoms with van der Waals surface area (Å²) in [6, 6.07) is 4.88. The van der Waals surface area contributed by atoms with Crippen LogP contribution in [0.3, 0.4) is 0 Å². The number of hydrogen-bond donors (Lipinski definition) is 3. The number of guanidine groups is 1. The molecule has 0 aromatic carbocycles. The Kier molecular flexibility index (Phi) is 7.00. The zero-order valence-corrected chi connectivity index (χ0v) is 11.2. The first-order valence-electron chi connectivity index (χ1n) is 3.96. The summed E-state index contributed by atoms with van der Waals surface area (Å²) in [4.78, 5) is 3.81. The van der Waals surface area contributed by atoms with E-state index in [0.29, 0.717) is 10.8 Å². The van der Waals surface area contributed by atoms with Crippen LogP contribution >= 0.6 is 46.4 Å². The number of halogens is 4. The molecule has 0 radical (unpaired) electrons. The Morgan fingerprint density at radius 2 is 2.06 bits per heavy atom. The van der Waals surface area contributed by atoms with Crippen molar-refractivity contribution in [2.45, 2.75) is 3.79 Å². The molecule has 92 valence electrons. The fraction of sp³-hybridized carbons (Fsp3) is 0.125. The first-order chi connectivity index (χ1) is 7.77. The van der Waals surface area contributed by atoms with Crippen LogP contribution < -0.4 is 11.1 Å². The summed E-state index contributed by atoms with van der Waals surface area (Å²) in [5, 5.41) is 16.2. The molecule has 0 saturated heterocycles. The second-order valence-corrected chi connectivity index (χ2v) is 5.16. The largest absolute Gasteiger partial charge is 0.369 e. The van der Waals surface area contributed by atoms with Gasteiger partial charge in [0.2, 0.25) is 3.79 Å². The first kappa shape index (κ1) is 16.1. The molecule has 0 aliphatic carbocycles. The van der Waals surface area contributed by atoms with E-state index in [1.54, 1.807) is 18.2 Å². The SMILES string of the molecule is Clc1cccc(C(Cl)(Cl)Cl)n1.N#CNC(=N)N. The van der Waals surface area contributed by atoms with Gasteiger partial charge >= 0.3 is 0 Å². The maximum Gasteiger partial charge on any atom is 0.232 e. The normalized spacial score (nSPS) is 9.59. The Balaban J connectivity index is 0.000000366. The molecule has 0 amide bonds. The monoisotopic (exact) mass is 313 g/mol. The summed E-state index contributed by atoms with van der Waals surface area (Å²) >= 11 is 22.2. The highest BCUT2D eigenvalue weighted by Gasteiger charge is 2.24. The van der Waals surface area contributed by atoms with Gasteiger partial charge in [0.1, 0.15) is 5.15 Å². The Morgan fingerprint density at radius 1 is 1.47 bits per heavy atom. The standard InChI is InChI=1S/C6H3Cl4N.C2H4N4/c7-5-3-1-2-4(11-5)6(8,9)10;3-1-6-2(4)5/h1-3H;(H4,4,5,6). The van der Waals surface area contributed by atoms with Crippen LogP contribution in [-0.4, -0.2) is 10.9 Å². The van der Waals surface area contributed by atoms with Crippen LogP contribution in [0.2, 0.25) is 5.15 Å². The van der Waals surface area contributed by atoms with Crippen LogP contribution in [0.15, 0.2) is 18.2 Å². The molecule has 0 fully saturated rings. The zero-order chi connectivity index (χ0) is 13.5. The summed E-state index contributed by atoms with van der Waals surface area (Å²) in [6.07, 6.45) is 1.47. The van der Waals surface area contributed by atoms with Gasteiger partial charge in [0, 0.05) is 0 Å². The molecule has 5 nitrogen and oxygen atoms in total. The van der Waals surface area contributed by atoms with E-state index in [2.05, 4.69) is 10.7 Å². The average Bonchev–Trinajstić information content (AvgIpc) is 2.17. The first-order valence-corrected chi connectivity index (χ1v) is 5.47. The Morgan fingerprint density at radius 3 is 2.29 bits per heavy atom. The summed E-state index contributed by atoms with van der Waals surface area (Å²) in [5.41, 5.74) is 4.98. The van der Waals surface area contributed by atoms with Crippen molar-refractivity contribution in [3.63, 3.8) is 0 Å². The van der Waals surface area contributed by atoms with Gasteiger partial charge in [-0.25, -0.2) is 4.98 Å². The fourth-order valence-electron chi connectivity index (χ4n) is 0.626. The highest BCUT2D eigenvalue weighted by atomic mass is 35.6. The minimum Gasteiger partial charge on any atom is -0.369 e. The maximum atomic E-state index is 7.65. The number of nitriles is 1. The lowest BCUT2D eigenvalue weighted by Gasteiger charge is -2.08. The lowest BCUT2D eigenvalue weighted by molar-refractivity contribution is 1.09. The molecule has 17 heavy (non-hydrogen) atoms. The number of alkyl halides is 3. The third-order valence-corrected chi connectivity index (χ3v) is 1.99. The van der Waals surface area contributed by atoms with Crippen molar-refractivity contribution in [3.05, 3.63) is 29.0 Å². The molecule has 1 aromatic rings. The Labute approximate surface area is 118 Å². The molecule has 0 spiro atoms. The predicted octanol–water partition coefficient (Wildman–Crippen LogP) is 2.51. The van der Waals surface area contributed by atoms with E-state index in [1.807, 2.05) is 5.32 Å². The van der Waals surface area contributed by atoms with Gasteiger partial charge in [0.15, 0.2) is 12.2 Å². The quantitative estimate of drug-likeness (QED) is 0.171. The smallest absolute Gasteiger partial charge is 0.232 e. The molecular weight excluding hydrogens is 308 g/mol. The third kappa shape index (κ3) is 7.88. The van der Waals surface area contributed by atoms with Gasteiger partial charge in [-0.1, -0.05) is 52.5 Å². The highest BCUT2D eigenvalue weighted by molar-refractivity contribution is 6.66. The molecule has 9 heteroatoms. The Hall–Kier alpha value is -0.930. The third-order valence-electron chi connectivity index (χ3n) is 1.20. The molecule has 1 heterocycles. The second-order valence-electron chi connectivity index (χ2n) is 2.49. The molecule has 0 aliphatic heterocycles. The van der Waals surface area contributed by atoms with E-state index in [9.17, 15) is 0 Å². The minimum atomic E-state index is -1.50. The van der Waals surface area contributed by atoms with Crippen LogP contribution in [0.4, 0.5) is 0 Å². The minimum absolute atomic E-state index is 0.314. The molecule has 0 bridgehead atoms. The van der Waals surface area contributed by atoms with E-state index in [4.69, 9.17) is 57.1 Å². The predicted molar refractivity (Wildman–Crippen MR) is 69.1 cm³/mol. The van der Waals surface area contributed by atoms with Gasteiger partial charge in [0.25, 0.3) is 0 Å². The number of rotatable bonds is 0. The second kappa shape index (κ2) is 7.41. The van der Waals surface area contributed by atoms with Gasteiger partial charge in [-0.2, -0.15) is 5.26 Å². The van der Waals surface area contributed by atoms with Crippen LogP contribution in [0, 0.1) is 16.9 Å². The summed E-state index contributed by atoms with van der Waals surface area (Å²) in [5.74, 6) is -0.322. The number of hydrogen-bond acceptors (Lipinski definition) is 3. The topological polar surface area (TPSA) is 98.6 Å². The van der Waals surface area contributed by atoms with E-state index in [0.717, 1.165) is 0 Å². The van der Waals surface area contributed by atoms with Gasteiger partial charge in [-0.3, -0.25) is 10.7 Å². The molecule has 0 atom stereocenters. The van der Waals surface area contributed by atoms with Crippen molar-refractivity contribution in [2.75, 3.05) is 0 Å². The average molecular weight is 315 g/mol. The summed E-state index contributed by atoms with van der Waals surface area (Å²) in [7, 11) is 0. The molecule has 4 N–H and O–H groups in total. The fourth-order valence-corrected chi connectivity index (χ4v) is 1.11. The summed E-state index contributed by atoms with van der Waals surface area (Å²) < 4.78 is -1.50. The lowest BCUT2D eigenvalue weighted by Crippen LogP contribution is -2.25. The number of nitrogens with zero attached hydrogens (tertiary/aromatic N) is 2. The van der Waals surface area contributed by atoms with Crippen molar-refractivity contribution in [2.24, 2.45) is 5.73 Å². The zero-order valence-electron chi connectivity index (χ0n) is 8.22. The van der Waals surface area contributed by atoms with Crippen LogP contribution in [0.25, 0.3) is 0 Å². The highest BCUT2D eigenvalue weighted by Crippen LogP contribution is 2.36. The van der Waals surface area contributed by atoms with Crippen molar-refractivity contribution in [1.82, 2.24) is 10.3 Å². The van der Waals surface area contributed by atoms with E-state index < -0.39 is 3.79 Å². The molecule has 0 saturated carbocycles. The number of pyridine rings is 1. The molecular formula is C8H7Cl4N5. The van der Waals surface area contributed by atoms with Gasteiger partial charge in [-0.05, 0) is 12.1 Å². The molecule has 1 rings (SSSR count). The molecule has 1 aromatic heterocycles. The number of nitrogens with one attached hydrogen (secondary N) is 2. The van der Waals surface area contributed by atoms with Gasteiger partial charge in [-0.15, -0.1) is 0 Å². The summed E-state index contributed by atoms with van der Waals surface area (Å²) in [6.45, 7) is 0. The Bertz CT molecular complexity index is 423. The van der Waals surface area contributed by atoms with E-state index in [1.165, 1.54) is 6.19 Å². The van der Waals surface area contributed by atoms with Crippen LogP contribution in [0.5, 0.6) is 0 Å².